The number of hydrogen-bond donors (Lipinski definition) is 1. The predicted octanol–water partition coefficient (Wildman–Crippen LogP) is 2.39. The van der Waals surface area contributed by atoms with Crippen LogP contribution < -0.4 is 10.2 Å². The lowest BCUT2D eigenvalue weighted by Gasteiger charge is -2.33. The van der Waals surface area contributed by atoms with Crippen molar-refractivity contribution in [1.82, 2.24) is 15.0 Å². The molecule has 1 fully saturated rings. The van der Waals surface area contributed by atoms with E-state index >= 15 is 0 Å². The number of nitriles is 1. The molecule has 0 radical (unpaired) electrons. The number of piperidine rings is 1. The first kappa shape index (κ1) is 15.2. The predicted molar refractivity (Wildman–Crippen MR) is 89.2 cm³/mol. The Morgan fingerprint density at radius 1 is 1.26 bits per heavy atom. The van der Waals surface area contributed by atoms with Gasteiger partial charge in [-0.25, -0.2) is 15.0 Å². The molecule has 2 aromatic heterocycles. The maximum absolute atomic E-state index is 8.80. The average Bonchev–Trinajstić information content (AvgIpc) is 2.63. The van der Waals surface area contributed by atoms with E-state index in [4.69, 9.17) is 5.26 Å². The van der Waals surface area contributed by atoms with Crippen molar-refractivity contribution < 1.29 is 0 Å². The van der Waals surface area contributed by atoms with Gasteiger partial charge >= 0.3 is 0 Å². The zero-order valence-electron chi connectivity index (χ0n) is 13.2. The average molecular weight is 308 g/mol. The third-order valence-corrected chi connectivity index (χ3v) is 4.14. The van der Waals surface area contributed by atoms with Crippen molar-refractivity contribution in [1.29, 1.82) is 5.26 Å². The lowest BCUT2D eigenvalue weighted by molar-refractivity contribution is 0.522. The van der Waals surface area contributed by atoms with Crippen LogP contribution in [0.3, 0.4) is 0 Å². The van der Waals surface area contributed by atoms with Crippen LogP contribution in [0.15, 0.2) is 30.7 Å². The Bertz CT molecular complexity index is 683. The highest BCUT2D eigenvalue weighted by Gasteiger charge is 2.20. The summed E-state index contributed by atoms with van der Waals surface area (Å²) in [5.41, 5.74) is 1.66. The molecule has 0 atom stereocenters. The van der Waals surface area contributed by atoms with Crippen LogP contribution in [0.5, 0.6) is 0 Å². The maximum atomic E-state index is 8.80. The molecule has 2 aromatic rings. The van der Waals surface area contributed by atoms with Crippen molar-refractivity contribution in [2.45, 2.75) is 32.2 Å². The molecule has 3 heterocycles. The van der Waals surface area contributed by atoms with E-state index in [1.165, 1.54) is 0 Å². The van der Waals surface area contributed by atoms with Crippen molar-refractivity contribution in [3.05, 3.63) is 42.0 Å². The summed E-state index contributed by atoms with van der Waals surface area (Å²) < 4.78 is 0. The summed E-state index contributed by atoms with van der Waals surface area (Å²) in [5.74, 6) is 1.85. The van der Waals surface area contributed by atoms with E-state index in [9.17, 15) is 0 Å². The number of nitrogens with zero attached hydrogens (tertiary/aromatic N) is 5. The molecule has 0 aliphatic carbocycles. The van der Waals surface area contributed by atoms with Crippen LogP contribution in [0.2, 0.25) is 0 Å². The molecule has 0 amide bonds. The lowest BCUT2D eigenvalue weighted by Crippen LogP contribution is -2.39. The van der Waals surface area contributed by atoms with Gasteiger partial charge in [-0.05, 0) is 31.4 Å². The number of anilines is 2. The van der Waals surface area contributed by atoms with Crippen LogP contribution in [-0.2, 0) is 6.42 Å². The number of hydrogen-bond acceptors (Lipinski definition) is 6. The number of nitrogens with one attached hydrogen (secondary N) is 1. The van der Waals surface area contributed by atoms with Crippen LogP contribution in [0.25, 0.3) is 0 Å². The zero-order valence-corrected chi connectivity index (χ0v) is 13.2. The highest BCUT2D eigenvalue weighted by atomic mass is 15.2. The second-order valence-corrected chi connectivity index (χ2v) is 5.67. The third-order valence-electron chi connectivity index (χ3n) is 4.14. The van der Waals surface area contributed by atoms with Crippen LogP contribution in [0.4, 0.5) is 11.6 Å². The van der Waals surface area contributed by atoms with Gasteiger partial charge in [-0.1, -0.05) is 6.92 Å². The highest BCUT2D eigenvalue weighted by molar-refractivity contribution is 5.42. The lowest BCUT2D eigenvalue weighted by atomic mass is 10.0. The molecule has 6 nitrogen and oxygen atoms in total. The first-order valence-corrected chi connectivity index (χ1v) is 7.97. The van der Waals surface area contributed by atoms with Crippen molar-refractivity contribution >= 4 is 11.6 Å². The van der Waals surface area contributed by atoms with Gasteiger partial charge in [-0.2, -0.15) is 5.26 Å². The Balaban J connectivity index is 1.56. The second kappa shape index (κ2) is 7.05. The summed E-state index contributed by atoms with van der Waals surface area (Å²) in [6.45, 7) is 4.04. The summed E-state index contributed by atoms with van der Waals surface area (Å²) >= 11 is 0. The molecule has 1 aliphatic rings. The van der Waals surface area contributed by atoms with Crippen LogP contribution in [0, 0.1) is 11.3 Å². The van der Waals surface area contributed by atoms with E-state index < -0.39 is 0 Å². The first-order valence-electron chi connectivity index (χ1n) is 7.97. The van der Waals surface area contributed by atoms with Crippen LogP contribution in [-0.4, -0.2) is 34.1 Å². The highest BCUT2D eigenvalue weighted by Crippen LogP contribution is 2.20. The number of aromatic nitrogens is 3. The maximum Gasteiger partial charge on any atom is 0.132 e. The molecule has 1 saturated heterocycles. The molecule has 0 saturated carbocycles. The van der Waals surface area contributed by atoms with Crippen molar-refractivity contribution in [2.75, 3.05) is 23.3 Å². The molecular weight excluding hydrogens is 288 g/mol. The summed E-state index contributed by atoms with van der Waals surface area (Å²) in [7, 11) is 0. The van der Waals surface area contributed by atoms with Gasteiger partial charge in [-0.3, -0.25) is 0 Å². The van der Waals surface area contributed by atoms with Crippen molar-refractivity contribution in [3.63, 3.8) is 0 Å². The molecule has 6 heteroatoms. The van der Waals surface area contributed by atoms with Gasteiger partial charge in [0.1, 0.15) is 24.0 Å². The summed E-state index contributed by atoms with van der Waals surface area (Å²) in [5, 5.41) is 12.2. The van der Waals surface area contributed by atoms with E-state index in [0.29, 0.717) is 11.6 Å². The quantitative estimate of drug-likeness (QED) is 0.934. The van der Waals surface area contributed by atoms with E-state index in [0.717, 1.165) is 49.7 Å². The minimum absolute atomic E-state index is 0.402. The van der Waals surface area contributed by atoms with E-state index in [-0.39, 0.29) is 0 Å². The van der Waals surface area contributed by atoms with Gasteiger partial charge in [0, 0.05) is 37.1 Å². The molecule has 118 valence electrons. The Morgan fingerprint density at radius 3 is 2.74 bits per heavy atom. The van der Waals surface area contributed by atoms with Gasteiger partial charge in [0.2, 0.25) is 0 Å². The van der Waals surface area contributed by atoms with E-state index in [2.05, 4.69) is 44.2 Å². The zero-order chi connectivity index (χ0) is 16.1. The topological polar surface area (TPSA) is 77.7 Å². The fourth-order valence-corrected chi connectivity index (χ4v) is 2.76. The van der Waals surface area contributed by atoms with Gasteiger partial charge in [0.15, 0.2) is 0 Å². The smallest absolute Gasteiger partial charge is 0.132 e. The van der Waals surface area contributed by atoms with Crippen molar-refractivity contribution in [3.8, 4) is 6.07 Å². The molecule has 1 aliphatic heterocycles. The van der Waals surface area contributed by atoms with E-state index in [1.807, 2.05) is 6.07 Å². The molecule has 0 aromatic carbocycles. The monoisotopic (exact) mass is 308 g/mol. The Morgan fingerprint density at radius 2 is 2.09 bits per heavy atom. The summed E-state index contributed by atoms with van der Waals surface area (Å²) in [6, 6.07) is 8.22. The molecule has 0 bridgehead atoms. The third kappa shape index (κ3) is 3.75. The fraction of sp³-hybridized carbons (Fsp3) is 0.412. The number of pyridine rings is 1. The Kier molecular flexibility index (Phi) is 4.67. The second-order valence-electron chi connectivity index (χ2n) is 5.67. The SMILES string of the molecule is CCc1cc(N2CCC(Nc3ccc(C#N)cn3)CC2)ncn1. The molecule has 1 N–H and O–H groups in total. The minimum Gasteiger partial charge on any atom is -0.367 e. The van der Waals surface area contributed by atoms with Gasteiger partial charge in [0.05, 0.1) is 5.56 Å². The largest absolute Gasteiger partial charge is 0.367 e. The number of aryl methyl sites for hydroxylation is 1. The van der Waals surface area contributed by atoms with Crippen LogP contribution in [0.1, 0.15) is 31.0 Å². The minimum atomic E-state index is 0.402. The molecular formula is C17H20N6. The fourth-order valence-electron chi connectivity index (χ4n) is 2.76. The standard InChI is InChI=1S/C17H20N6/c1-2-14-9-17(21-12-20-14)23-7-5-15(6-8-23)22-16-4-3-13(10-18)11-19-16/h3-4,9,11-12,15H,2,5-8H2,1H3,(H,19,22). The Hall–Kier alpha value is -2.68. The van der Waals surface area contributed by atoms with Crippen LogP contribution >= 0.6 is 0 Å². The molecule has 0 unspecified atom stereocenters. The Labute approximate surface area is 136 Å². The first-order chi connectivity index (χ1) is 11.3. The molecule has 0 spiro atoms. The molecule has 3 rings (SSSR count). The van der Waals surface area contributed by atoms with E-state index in [1.54, 1.807) is 18.6 Å². The normalized spacial score (nSPS) is 15.2. The van der Waals surface area contributed by atoms with Gasteiger partial charge in [-0.15, -0.1) is 0 Å². The van der Waals surface area contributed by atoms with Gasteiger partial charge < -0.3 is 10.2 Å². The number of rotatable bonds is 4. The summed E-state index contributed by atoms with van der Waals surface area (Å²) in [4.78, 5) is 15.2. The molecule has 23 heavy (non-hydrogen) atoms. The van der Waals surface area contributed by atoms with Crippen molar-refractivity contribution in [2.24, 2.45) is 0 Å². The summed E-state index contributed by atoms with van der Waals surface area (Å²) in [6.07, 6.45) is 6.25. The van der Waals surface area contributed by atoms with Gasteiger partial charge in [0.25, 0.3) is 0 Å².